The van der Waals surface area contributed by atoms with Crippen molar-refractivity contribution < 1.29 is 14.3 Å². The fraction of sp³-hybridized carbons (Fsp3) is 0.333. The Hall–Kier alpha value is -2.04. The highest BCUT2D eigenvalue weighted by molar-refractivity contribution is 6.39. The van der Waals surface area contributed by atoms with Gasteiger partial charge in [-0.25, -0.2) is 0 Å². The summed E-state index contributed by atoms with van der Waals surface area (Å²) >= 11 is 0. The van der Waals surface area contributed by atoms with Gasteiger partial charge in [-0.05, 0) is 37.5 Å². The molecule has 1 aromatic rings. The first-order chi connectivity index (χ1) is 7.88. The van der Waals surface area contributed by atoms with Crippen LogP contribution in [-0.4, -0.2) is 18.9 Å². The van der Waals surface area contributed by atoms with Crippen LogP contribution in [0.3, 0.4) is 0 Å². The van der Waals surface area contributed by atoms with Gasteiger partial charge < -0.3 is 15.8 Å². The number of primary amides is 1. The van der Waals surface area contributed by atoms with Crippen molar-refractivity contribution in [1.82, 2.24) is 0 Å². The van der Waals surface area contributed by atoms with E-state index in [0.29, 0.717) is 11.4 Å². The molecule has 0 saturated carbocycles. The van der Waals surface area contributed by atoms with Crippen LogP contribution in [0.25, 0.3) is 0 Å². The molecular weight excluding hydrogens is 220 g/mol. The molecule has 0 aliphatic rings. The molecule has 0 radical (unpaired) electrons. The van der Waals surface area contributed by atoms with E-state index in [1.54, 1.807) is 0 Å². The van der Waals surface area contributed by atoms with Gasteiger partial charge in [0.15, 0.2) is 0 Å². The Morgan fingerprint density at radius 1 is 1.24 bits per heavy atom. The summed E-state index contributed by atoms with van der Waals surface area (Å²) in [6, 6.07) is 1.91. The van der Waals surface area contributed by atoms with E-state index in [0.717, 1.165) is 16.7 Å². The number of aryl methyl sites for hydroxylation is 2. The number of ether oxygens (including phenoxy) is 1. The summed E-state index contributed by atoms with van der Waals surface area (Å²) in [6.45, 7) is 5.66. The Labute approximate surface area is 99.9 Å². The first-order valence-corrected chi connectivity index (χ1v) is 5.14. The number of rotatable bonds is 2. The lowest BCUT2D eigenvalue weighted by Gasteiger charge is -2.16. The zero-order valence-corrected chi connectivity index (χ0v) is 10.4. The summed E-state index contributed by atoms with van der Waals surface area (Å²) in [6.07, 6.45) is 0. The molecule has 0 atom stereocenters. The van der Waals surface area contributed by atoms with Crippen LogP contribution >= 0.6 is 0 Å². The van der Waals surface area contributed by atoms with Crippen LogP contribution in [0.5, 0.6) is 5.75 Å². The maximum absolute atomic E-state index is 11.3. The number of carbonyl (C=O) groups is 2. The van der Waals surface area contributed by atoms with Crippen molar-refractivity contribution in [2.24, 2.45) is 5.73 Å². The van der Waals surface area contributed by atoms with Crippen LogP contribution in [0.4, 0.5) is 5.69 Å². The molecule has 0 aromatic heterocycles. The molecule has 0 bridgehead atoms. The van der Waals surface area contributed by atoms with Crippen molar-refractivity contribution >= 4 is 17.5 Å². The van der Waals surface area contributed by atoms with E-state index in [4.69, 9.17) is 10.5 Å². The monoisotopic (exact) mass is 236 g/mol. The zero-order valence-electron chi connectivity index (χ0n) is 10.4. The second-order valence-electron chi connectivity index (χ2n) is 3.86. The van der Waals surface area contributed by atoms with Gasteiger partial charge in [-0.2, -0.15) is 0 Å². The number of amides is 2. The lowest BCUT2D eigenvalue weighted by atomic mass is 10.0. The average molecular weight is 236 g/mol. The number of hydrogen-bond donors (Lipinski definition) is 2. The molecule has 0 aliphatic heterocycles. The second-order valence-corrected chi connectivity index (χ2v) is 3.86. The molecule has 5 nitrogen and oxygen atoms in total. The Kier molecular flexibility index (Phi) is 3.73. The fourth-order valence-electron chi connectivity index (χ4n) is 1.64. The number of carbonyl (C=O) groups excluding carboxylic acids is 2. The molecule has 5 heteroatoms. The quantitative estimate of drug-likeness (QED) is 0.753. The number of nitrogens with one attached hydrogen (secondary N) is 1. The summed E-state index contributed by atoms with van der Waals surface area (Å²) < 4.78 is 5.25. The largest absolute Gasteiger partial charge is 0.494 e. The molecule has 3 N–H and O–H groups in total. The lowest BCUT2D eigenvalue weighted by Crippen LogP contribution is -2.30. The predicted octanol–water partition coefficient (Wildman–Crippen LogP) is 1.04. The summed E-state index contributed by atoms with van der Waals surface area (Å²) in [5, 5.41) is 2.46. The Morgan fingerprint density at radius 3 is 2.29 bits per heavy atom. The minimum Gasteiger partial charge on any atom is -0.494 e. The Balaban J connectivity index is 3.27. The van der Waals surface area contributed by atoms with Gasteiger partial charge in [0.2, 0.25) is 0 Å². The first kappa shape index (κ1) is 13.0. The molecule has 0 heterocycles. The summed E-state index contributed by atoms with van der Waals surface area (Å²) in [5.41, 5.74) is 8.17. The summed E-state index contributed by atoms with van der Waals surface area (Å²) in [7, 11) is 1.52. The van der Waals surface area contributed by atoms with Gasteiger partial charge in [0.05, 0.1) is 12.8 Å². The van der Waals surface area contributed by atoms with Gasteiger partial charge in [0, 0.05) is 0 Å². The first-order valence-electron chi connectivity index (χ1n) is 5.14. The van der Waals surface area contributed by atoms with Gasteiger partial charge in [-0.1, -0.05) is 6.07 Å². The third kappa shape index (κ3) is 2.55. The Bertz CT molecular complexity index is 481. The molecule has 0 spiro atoms. The van der Waals surface area contributed by atoms with E-state index in [1.165, 1.54) is 7.11 Å². The van der Waals surface area contributed by atoms with E-state index in [-0.39, 0.29) is 0 Å². The smallest absolute Gasteiger partial charge is 0.313 e. The molecule has 17 heavy (non-hydrogen) atoms. The van der Waals surface area contributed by atoms with Crippen LogP contribution in [-0.2, 0) is 9.59 Å². The van der Waals surface area contributed by atoms with Crippen LogP contribution in [0.2, 0.25) is 0 Å². The van der Waals surface area contributed by atoms with Crippen molar-refractivity contribution in [2.75, 3.05) is 12.4 Å². The van der Waals surface area contributed by atoms with Crippen molar-refractivity contribution in [1.29, 1.82) is 0 Å². The molecule has 0 aliphatic carbocycles. The number of benzene rings is 1. The van der Waals surface area contributed by atoms with E-state index < -0.39 is 11.8 Å². The molecule has 1 aromatic carbocycles. The number of hydrogen-bond acceptors (Lipinski definition) is 3. The van der Waals surface area contributed by atoms with E-state index in [2.05, 4.69) is 5.32 Å². The van der Waals surface area contributed by atoms with Gasteiger partial charge in [0.25, 0.3) is 0 Å². The van der Waals surface area contributed by atoms with Crippen molar-refractivity contribution in [3.05, 3.63) is 22.8 Å². The average Bonchev–Trinajstić information content (AvgIpc) is 2.26. The highest BCUT2D eigenvalue weighted by Crippen LogP contribution is 2.33. The van der Waals surface area contributed by atoms with E-state index in [1.807, 2.05) is 26.8 Å². The van der Waals surface area contributed by atoms with Gasteiger partial charge in [-0.15, -0.1) is 0 Å². The number of nitrogens with two attached hydrogens (primary N) is 1. The van der Waals surface area contributed by atoms with Crippen LogP contribution in [0.1, 0.15) is 16.7 Å². The minimum absolute atomic E-state index is 0.486. The Morgan fingerprint density at radius 2 is 1.82 bits per heavy atom. The standard InChI is InChI=1S/C12H16N2O3/c1-6-5-7(2)9(10(17-4)8(6)3)14-12(16)11(13)15/h5H,1-4H3,(H2,13,15)(H,14,16). The highest BCUT2D eigenvalue weighted by Gasteiger charge is 2.17. The molecule has 1 rings (SSSR count). The molecule has 0 saturated heterocycles. The lowest BCUT2D eigenvalue weighted by molar-refractivity contribution is -0.134. The maximum atomic E-state index is 11.3. The highest BCUT2D eigenvalue weighted by atomic mass is 16.5. The van der Waals surface area contributed by atoms with E-state index in [9.17, 15) is 9.59 Å². The van der Waals surface area contributed by atoms with Crippen LogP contribution in [0.15, 0.2) is 6.07 Å². The maximum Gasteiger partial charge on any atom is 0.313 e. The third-order valence-corrected chi connectivity index (χ3v) is 2.65. The molecule has 0 unspecified atom stereocenters. The summed E-state index contributed by atoms with van der Waals surface area (Å²) in [5.74, 6) is -1.32. The summed E-state index contributed by atoms with van der Waals surface area (Å²) in [4.78, 5) is 22.0. The van der Waals surface area contributed by atoms with Crippen molar-refractivity contribution in [2.45, 2.75) is 20.8 Å². The zero-order chi connectivity index (χ0) is 13.2. The molecule has 0 fully saturated rings. The second kappa shape index (κ2) is 4.86. The van der Waals surface area contributed by atoms with Crippen molar-refractivity contribution in [3.63, 3.8) is 0 Å². The molecule has 2 amide bonds. The minimum atomic E-state index is -1.02. The molecule has 92 valence electrons. The normalized spacial score (nSPS) is 9.88. The fourth-order valence-corrected chi connectivity index (χ4v) is 1.64. The topological polar surface area (TPSA) is 81.4 Å². The molecular formula is C12H16N2O3. The van der Waals surface area contributed by atoms with E-state index >= 15 is 0 Å². The van der Waals surface area contributed by atoms with Crippen LogP contribution < -0.4 is 15.8 Å². The third-order valence-electron chi connectivity index (χ3n) is 2.65. The SMILES string of the molecule is COc1c(C)c(C)cc(C)c1NC(=O)C(N)=O. The van der Waals surface area contributed by atoms with Crippen molar-refractivity contribution in [3.8, 4) is 5.75 Å². The van der Waals surface area contributed by atoms with Gasteiger partial charge in [-0.3, -0.25) is 9.59 Å². The number of methoxy groups -OCH3 is 1. The van der Waals surface area contributed by atoms with Gasteiger partial charge >= 0.3 is 11.8 Å². The van der Waals surface area contributed by atoms with Crippen LogP contribution in [0, 0.1) is 20.8 Å². The predicted molar refractivity (Wildman–Crippen MR) is 65.0 cm³/mol. The number of anilines is 1. The van der Waals surface area contributed by atoms with Gasteiger partial charge in [0.1, 0.15) is 5.75 Å².